The molecular formula is C13H9Br2FO2. The van der Waals surface area contributed by atoms with Gasteiger partial charge in [-0.1, -0.05) is 15.9 Å². The van der Waals surface area contributed by atoms with Gasteiger partial charge in [-0.3, -0.25) is 0 Å². The number of hydrogen-bond acceptors (Lipinski definition) is 2. The molecule has 0 spiro atoms. The van der Waals surface area contributed by atoms with Crippen molar-refractivity contribution in [2.24, 2.45) is 0 Å². The van der Waals surface area contributed by atoms with Gasteiger partial charge in [0.15, 0.2) is 0 Å². The second kappa shape index (κ2) is 5.82. The van der Waals surface area contributed by atoms with Crippen LogP contribution in [0.25, 0.3) is 0 Å². The van der Waals surface area contributed by atoms with Crippen LogP contribution in [0.15, 0.2) is 45.3 Å². The molecule has 5 heteroatoms. The molecule has 18 heavy (non-hydrogen) atoms. The van der Waals surface area contributed by atoms with Crippen LogP contribution in [0, 0.1) is 5.82 Å². The summed E-state index contributed by atoms with van der Waals surface area (Å²) >= 11 is 6.41. The molecule has 0 aliphatic heterocycles. The fraction of sp³-hybridized carbons (Fsp3) is 0.0769. The Labute approximate surface area is 121 Å². The van der Waals surface area contributed by atoms with E-state index in [1.54, 1.807) is 18.2 Å². The molecule has 0 unspecified atom stereocenters. The van der Waals surface area contributed by atoms with Gasteiger partial charge < -0.3 is 9.84 Å². The second-order valence-corrected chi connectivity index (χ2v) is 5.36. The summed E-state index contributed by atoms with van der Waals surface area (Å²) in [6.07, 6.45) is 0. The highest BCUT2D eigenvalue weighted by Crippen LogP contribution is 2.30. The van der Waals surface area contributed by atoms with E-state index in [0.717, 1.165) is 4.47 Å². The highest BCUT2D eigenvalue weighted by atomic mass is 79.9. The molecule has 0 saturated carbocycles. The molecule has 2 aromatic carbocycles. The molecule has 0 atom stereocenters. The van der Waals surface area contributed by atoms with E-state index in [4.69, 9.17) is 4.74 Å². The molecule has 0 radical (unpaired) electrons. The third-order valence-electron chi connectivity index (χ3n) is 2.31. The molecule has 0 bridgehead atoms. The van der Waals surface area contributed by atoms with Crippen molar-refractivity contribution in [1.82, 2.24) is 0 Å². The van der Waals surface area contributed by atoms with Gasteiger partial charge in [-0.05, 0) is 52.3 Å². The Morgan fingerprint density at radius 3 is 2.56 bits per heavy atom. The minimum atomic E-state index is -0.347. The average molecular weight is 376 g/mol. The van der Waals surface area contributed by atoms with Crippen LogP contribution < -0.4 is 4.74 Å². The number of benzene rings is 2. The van der Waals surface area contributed by atoms with Gasteiger partial charge in [-0.2, -0.15) is 0 Å². The SMILES string of the molecule is OCc1cc(Br)ccc1Oc1ccc(F)c(Br)c1. The Bertz CT molecular complexity index is 573. The van der Waals surface area contributed by atoms with E-state index in [1.807, 2.05) is 6.07 Å². The third-order valence-corrected chi connectivity index (χ3v) is 3.41. The smallest absolute Gasteiger partial charge is 0.137 e. The van der Waals surface area contributed by atoms with Gasteiger partial charge in [0.1, 0.15) is 17.3 Å². The second-order valence-electron chi connectivity index (χ2n) is 3.59. The van der Waals surface area contributed by atoms with Crippen LogP contribution in [-0.2, 0) is 6.61 Å². The van der Waals surface area contributed by atoms with E-state index < -0.39 is 0 Å². The highest BCUT2D eigenvalue weighted by Gasteiger charge is 2.07. The molecule has 0 heterocycles. The molecule has 0 fully saturated rings. The number of aliphatic hydroxyl groups excluding tert-OH is 1. The molecule has 2 aromatic rings. The van der Waals surface area contributed by atoms with Crippen molar-refractivity contribution >= 4 is 31.9 Å². The Morgan fingerprint density at radius 2 is 1.89 bits per heavy atom. The van der Waals surface area contributed by atoms with Crippen LogP contribution in [-0.4, -0.2) is 5.11 Å². The minimum absolute atomic E-state index is 0.128. The van der Waals surface area contributed by atoms with Crippen molar-refractivity contribution in [1.29, 1.82) is 0 Å². The quantitative estimate of drug-likeness (QED) is 0.847. The first-order valence-corrected chi connectivity index (χ1v) is 6.71. The fourth-order valence-corrected chi connectivity index (χ4v) is 2.20. The van der Waals surface area contributed by atoms with Crippen molar-refractivity contribution in [2.45, 2.75) is 6.61 Å². The summed E-state index contributed by atoms with van der Waals surface area (Å²) in [6, 6.07) is 9.71. The third kappa shape index (κ3) is 3.10. The summed E-state index contributed by atoms with van der Waals surface area (Å²) in [5.74, 6) is 0.694. The molecule has 1 N–H and O–H groups in total. The molecule has 0 aromatic heterocycles. The van der Waals surface area contributed by atoms with Crippen molar-refractivity contribution in [2.75, 3.05) is 0 Å². The predicted octanol–water partition coefficient (Wildman–Crippen LogP) is 4.64. The van der Waals surface area contributed by atoms with Crippen LogP contribution in [0.1, 0.15) is 5.56 Å². The van der Waals surface area contributed by atoms with Crippen LogP contribution in [0.4, 0.5) is 4.39 Å². The predicted molar refractivity (Wildman–Crippen MR) is 74.2 cm³/mol. The monoisotopic (exact) mass is 374 g/mol. The Kier molecular flexibility index (Phi) is 4.37. The first-order valence-electron chi connectivity index (χ1n) is 5.12. The summed E-state index contributed by atoms with van der Waals surface area (Å²) in [5.41, 5.74) is 0.657. The maximum Gasteiger partial charge on any atom is 0.137 e. The standard InChI is InChI=1S/C13H9Br2FO2/c14-9-1-4-13(8(5-9)7-17)18-10-2-3-12(16)11(15)6-10/h1-6,17H,7H2. The molecule has 2 rings (SSSR count). The Balaban J connectivity index is 2.30. The minimum Gasteiger partial charge on any atom is -0.457 e. The summed E-state index contributed by atoms with van der Waals surface area (Å²) < 4.78 is 19.9. The summed E-state index contributed by atoms with van der Waals surface area (Å²) in [7, 11) is 0. The number of rotatable bonds is 3. The van der Waals surface area contributed by atoms with Gasteiger partial charge in [0.2, 0.25) is 0 Å². The summed E-state index contributed by atoms with van der Waals surface area (Å²) in [6.45, 7) is -0.128. The van der Waals surface area contributed by atoms with Crippen molar-refractivity contribution in [3.8, 4) is 11.5 Å². The van der Waals surface area contributed by atoms with E-state index in [0.29, 0.717) is 21.5 Å². The van der Waals surface area contributed by atoms with Crippen molar-refractivity contribution in [3.05, 3.63) is 56.7 Å². The summed E-state index contributed by atoms with van der Waals surface area (Å²) in [4.78, 5) is 0. The van der Waals surface area contributed by atoms with Crippen LogP contribution in [0.5, 0.6) is 11.5 Å². The maximum atomic E-state index is 13.1. The highest BCUT2D eigenvalue weighted by molar-refractivity contribution is 9.10. The fourth-order valence-electron chi connectivity index (χ4n) is 1.44. The lowest BCUT2D eigenvalue weighted by atomic mass is 10.2. The first-order chi connectivity index (χ1) is 8.60. The molecule has 0 aliphatic carbocycles. The largest absolute Gasteiger partial charge is 0.457 e. The van der Waals surface area contributed by atoms with Gasteiger partial charge in [0.05, 0.1) is 11.1 Å². The number of halogens is 3. The molecule has 94 valence electrons. The van der Waals surface area contributed by atoms with Crippen molar-refractivity contribution in [3.63, 3.8) is 0 Å². The van der Waals surface area contributed by atoms with Crippen molar-refractivity contribution < 1.29 is 14.2 Å². The first kappa shape index (κ1) is 13.5. The van der Waals surface area contributed by atoms with E-state index in [9.17, 15) is 9.50 Å². The molecule has 0 aliphatic rings. The maximum absolute atomic E-state index is 13.1. The van der Waals surface area contributed by atoms with Crippen LogP contribution >= 0.6 is 31.9 Å². The molecule has 0 saturated heterocycles. The zero-order chi connectivity index (χ0) is 13.1. The normalized spacial score (nSPS) is 10.4. The number of aliphatic hydroxyl groups is 1. The number of hydrogen-bond donors (Lipinski definition) is 1. The molecular weight excluding hydrogens is 367 g/mol. The lowest BCUT2D eigenvalue weighted by Gasteiger charge is -2.10. The number of ether oxygens (including phenoxy) is 1. The van der Waals surface area contributed by atoms with Gasteiger partial charge >= 0.3 is 0 Å². The lowest BCUT2D eigenvalue weighted by Crippen LogP contribution is -1.92. The van der Waals surface area contributed by atoms with Gasteiger partial charge in [0.25, 0.3) is 0 Å². The van der Waals surface area contributed by atoms with E-state index >= 15 is 0 Å². The summed E-state index contributed by atoms with van der Waals surface area (Å²) in [5, 5.41) is 9.25. The van der Waals surface area contributed by atoms with E-state index in [2.05, 4.69) is 31.9 Å². The Hall–Kier alpha value is -0.910. The van der Waals surface area contributed by atoms with Crippen LogP contribution in [0.2, 0.25) is 0 Å². The van der Waals surface area contributed by atoms with Gasteiger partial charge in [-0.25, -0.2) is 4.39 Å². The lowest BCUT2D eigenvalue weighted by molar-refractivity contribution is 0.276. The van der Waals surface area contributed by atoms with E-state index in [-0.39, 0.29) is 12.4 Å². The Morgan fingerprint density at radius 1 is 1.11 bits per heavy atom. The van der Waals surface area contributed by atoms with E-state index in [1.165, 1.54) is 12.1 Å². The zero-order valence-electron chi connectivity index (χ0n) is 9.16. The topological polar surface area (TPSA) is 29.5 Å². The van der Waals surface area contributed by atoms with Gasteiger partial charge in [-0.15, -0.1) is 0 Å². The van der Waals surface area contributed by atoms with Gasteiger partial charge in [0, 0.05) is 10.0 Å². The van der Waals surface area contributed by atoms with Crippen LogP contribution in [0.3, 0.4) is 0 Å². The molecule has 0 amide bonds. The molecule has 2 nitrogen and oxygen atoms in total. The zero-order valence-corrected chi connectivity index (χ0v) is 12.3. The average Bonchev–Trinajstić information content (AvgIpc) is 2.36.